The highest BCUT2D eigenvalue weighted by Gasteiger charge is 2.31. The van der Waals surface area contributed by atoms with Crippen molar-refractivity contribution in [3.05, 3.63) is 52.8 Å². The van der Waals surface area contributed by atoms with Crippen LogP contribution in [0, 0.1) is 6.92 Å². The summed E-state index contributed by atoms with van der Waals surface area (Å²) in [4.78, 5) is 14.2. The number of aryl methyl sites for hydroxylation is 2. The molecule has 0 unspecified atom stereocenters. The average Bonchev–Trinajstić information content (AvgIpc) is 2.93. The molecule has 0 spiro atoms. The van der Waals surface area contributed by atoms with Crippen LogP contribution in [-0.2, 0) is 24.4 Å². The normalized spacial score (nSPS) is 18.2. The van der Waals surface area contributed by atoms with E-state index in [0.29, 0.717) is 37.4 Å². The summed E-state index contributed by atoms with van der Waals surface area (Å²) in [6.07, 6.45) is -4.40. The highest BCUT2D eigenvalue weighted by atomic mass is 19.4. The minimum atomic E-state index is -4.37. The van der Waals surface area contributed by atoms with Gasteiger partial charge in [0.15, 0.2) is 5.69 Å². The molecule has 0 saturated carbocycles. The predicted octanol–water partition coefficient (Wildman–Crippen LogP) is 2.83. The Morgan fingerprint density at radius 2 is 2.12 bits per heavy atom. The number of carbonyl (C=O) groups is 1. The lowest BCUT2D eigenvalue weighted by Crippen LogP contribution is -2.46. The fourth-order valence-electron chi connectivity index (χ4n) is 2.99. The van der Waals surface area contributed by atoms with E-state index < -0.39 is 11.7 Å². The number of ether oxygens (including phenoxy) is 1. The number of carbonyl (C=O) groups excluding carboxylic acids is 1. The molecule has 140 valence electrons. The van der Waals surface area contributed by atoms with E-state index in [2.05, 4.69) is 5.10 Å². The van der Waals surface area contributed by atoms with E-state index in [-0.39, 0.29) is 12.0 Å². The van der Waals surface area contributed by atoms with Gasteiger partial charge in [0.2, 0.25) is 0 Å². The number of hydrogen-bond donors (Lipinski definition) is 0. The lowest BCUT2D eigenvalue weighted by Gasteiger charge is -2.32. The van der Waals surface area contributed by atoms with Crippen LogP contribution in [0.1, 0.15) is 27.3 Å². The van der Waals surface area contributed by atoms with Gasteiger partial charge in [0.05, 0.1) is 18.3 Å². The van der Waals surface area contributed by atoms with Gasteiger partial charge in [-0.25, -0.2) is 0 Å². The third kappa shape index (κ3) is 4.07. The number of nitrogens with zero attached hydrogens (tertiary/aromatic N) is 3. The molecular weight excluding hydrogens is 347 g/mol. The van der Waals surface area contributed by atoms with Crippen LogP contribution in [0.25, 0.3) is 0 Å². The minimum Gasteiger partial charge on any atom is -0.374 e. The third-order valence-corrected chi connectivity index (χ3v) is 4.48. The van der Waals surface area contributed by atoms with Crippen molar-refractivity contribution in [3.63, 3.8) is 0 Å². The van der Waals surface area contributed by atoms with Crippen LogP contribution in [0.4, 0.5) is 13.2 Å². The van der Waals surface area contributed by atoms with Gasteiger partial charge in [0, 0.05) is 32.3 Å². The van der Waals surface area contributed by atoms with Crippen LogP contribution in [0.3, 0.4) is 0 Å². The molecule has 26 heavy (non-hydrogen) atoms. The molecule has 0 N–H and O–H groups in total. The number of hydrogen-bond acceptors (Lipinski definition) is 3. The van der Waals surface area contributed by atoms with Crippen LogP contribution in [-0.4, -0.2) is 46.4 Å². The number of amides is 1. The second-order valence-corrected chi connectivity index (χ2v) is 6.44. The molecule has 8 heteroatoms. The summed E-state index contributed by atoms with van der Waals surface area (Å²) in [6, 6.07) is 6.93. The molecule has 0 radical (unpaired) electrons. The Balaban J connectivity index is 1.68. The van der Waals surface area contributed by atoms with Crippen molar-refractivity contribution in [1.82, 2.24) is 14.7 Å². The SMILES string of the molecule is Cc1cc(C(=O)N2CCO[C@@H](Cc3cccc(C(F)(F)F)c3)C2)nn1C. The van der Waals surface area contributed by atoms with E-state index in [0.717, 1.165) is 17.8 Å². The van der Waals surface area contributed by atoms with Gasteiger partial charge in [0.25, 0.3) is 5.91 Å². The highest BCUT2D eigenvalue weighted by Crippen LogP contribution is 2.30. The van der Waals surface area contributed by atoms with Crippen LogP contribution in [0.5, 0.6) is 0 Å². The molecule has 3 rings (SSSR count). The fraction of sp³-hybridized carbons (Fsp3) is 0.444. The zero-order valence-electron chi connectivity index (χ0n) is 14.6. The van der Waals surface area contributed by atoms with Crippen LogP contribution in [0.2, 0.25) is 0 Å². The van der Waals surface area contributed by atoms with Gasteiger partial charge >= 0.3 is 6.18 Å². The minimum absolute atomic E-state index is 0.189. The molecule has 1 amide bonds. The first-order chi connectivity index (χ1) is 12.2. The van der Waals surface area contributed by atoms with Crippen molar-refractivity contribution in [2.45, 2.75) is 25.6 Å². The molecule has 1 aliphatic rings. The maximum absolute atomic E-state index is 12.8. The van der Waals surface area contributed by atoms with Gasteiger partial charge in [-0.05, 0) is 24.6 Å². The van der Waals surface area contributed by atoms with Crippen molar-refractivity contribution in [2.24, 2.45) is 7.05 Å². The molecule has 2 aromatic rings. The molecular formula is C18H20F3N3O2. The van der Waals surface area contributed by atoms with Crippen molar-refractivity contribution >= 4 is 5.91 Å². The van der Waals surface area contributed by atoms with Gasteiger partial charge in [0.1, 0.15) is 0 Å². The van der Waals surface area contributed by atoms with E-state index in [1.165, 1.54) is 6.07 Å². The molecule has 1 aromatic heterocycles. The van der Waals surface area contributed by atoms with E-state index >= 15 is 0 Å². The third-order valence-electron chi connectivity index (χ3n) is 4.48. The molecule has 5 nitrogen and oxygen atoms in total. The molecule has 1 aromatic carbocycles. The summed E-state index contributed by atoms with van der Waals surface area (Å²) >= 11 is 0. The lowest BCUT2D eigenvalue weighted by molar-refractivity contribution is -0.137. The second kappa shape index (κ2) is 7.11. The van der Waals surface area contributed by atoms with Crippen LogP contribution in [0.15, 0.2) is 30.3 Å². The Morgan fingerprint density at radius 1 is 1.35 bits per heavy atom. The monoisotopic (exact) mass is 367 g/mol. The topological polar surface area (TPSA) is 47.4 Å². The summed E-state index contributed by atoms with van der Waals surface area (Å²) in [7, 11) is 1.77. The largest absolute Gasteiger partial charge is 0.416 e. The van der Waals surface area contributed by atoms with Gasteiger partial charge < -0.3 is 9.64 Å². The first kappa shape index (κ1) is 18.4. The molecule has 2 heterocycles. The fourth-order valence-corrected chi connectivity index (χ4v) is 2.99. The van der Waals surface area contributed by atoms with Crippen molar-refractivity contribution in [3.8, 4) is 0 Å². The molecule has 1 fully saturated rings. The summed E-state index contributed by atoms with van der Waals surface area (Å²) in [5.41, 5.74) is 1.10. The van der Waals surface area contributed by atoms with E-state index in [4.69, 9.17) is 4.74 Å². The molecule has 1 saturated heterocycles. The van der Waals surface area contributed by atoms with Gasteiger partial charge in [-0.1, -0.05) is 18.2 Å². The van der Waals surface area contributed by atoms with Crippen molar-refractivity contribution in [2.75, 3.05) is 19.7 Å². The Bertz CT molecular complexity index is 782. The summed E-state index contributed by atoms with van der Waals surface area (Å²) in [6.45, 7) is 2.97. The maximum Gasteiger partial charge on any atom is 0.416 e. The molecule has 1 atom stereocenters. The molecule has 0 bridgehead atoms. The predicted molar refractivity (Wildman–Crippen MR) is 88.7 cm³/mol. The van der Waals surface area contributed by atoms with E-state index in [1.54, 1.807) is 28.8 Å². The number of rotatable bonds is 3. The first-order valence-electron chi connectivity index (χ1n) is 8.31. The van der Waals surface area contributed by atoms with Gasteiger partial charge in [-0.3, -0.25) is 9.48 Å². The number of halogens is 3. The van der Waals surface area contributed by atoms with E-state index in [1.807, 2.05) is 6.92 Å². The standard InChI is InChI=1S/C18H20F3N3O2/c1-12-8-16(22-23(12)2)17(25)24-6-7-26-15(11-24)10-13-4-3-5-14(9-13)18(19,20)21/h3-5,8-9,15H,6-7,10-11H2,1-2H3/t15-/m0/s1. The van der Waals surface area contributed by atoms with E-state index in [9.17, 15) is 18.0 Å². The van der Waals surface area contributed by atoms with Gasteiger partial charge in [-0.15, -0.1) is 0 Å². The maximum atomic E-state index is 12.8. The Morgan fingerprint density at radius 3 is 2.77 bits per heavy atom. The van der Waals surface area contributed by atoms with Crippen molar-refractivity contribution in [1.29, 1.82) is 0 Å². The summed E-state index contributed by atoms with van der Waals surface area (Å²) < 4.78 is 45.8. The van der Waals surface area contributed by atoms with Gasteiger partial charge in [-0.2, -0.15) is 18.3 Å². The lowest BCUT2D eigenvalue weighted by atomic mass is 10.0. The quantitative estimate of drug-likeness (QED) is 0.838. The summed E-state index contributed by atoms with van der Waals surface area (Å²) in [5, 5.41) is 4.19. The smallest absolute Gasteiger partial charge is 0.374 e. The number of aromatic nitrogens is 2. The zero-order valence-corrected chi connectivity index (χ0v) is 14.6. The van der Waals surface area contributed by atoms with Crippen LogP contribution >= 0.6 is 0 Å². The number of alkyl halides is 3. The highest BCUT2D eigenvalue weighted by molar-refractivity contribution is 5.92. The Hall–Kier alpha value is -2.35. The first-order valence-corrected chi connectivity index (χ1v) is 8.31. The number of benzene rings is 1. The Kier molecular flexibility index (Phi) is 5.04. The molecule has 1 aliphatic heterocycles. The Labute approximate surface area is 149 Å². The molecule has 0 aliphatic carbocycles. The van der Waals surface area contributed by atoms with Crippen LogP contribution < -0.4 is 0 Å². The summed E-state index contributed by atoms with van der Waals surface area (Å²) in [5.74, 6) is -0.189. The average molecular weight is 367 g/mol. The van der Waals surface area contributed by atoms with Crippen molar-refractivity contribution < 1.29 is 22.7 Å². The second-order valence-electron chi connectivity index (χ2n) is 6.44. The zero-order chi connectivity index (χ0) is 18.9. The number of morpholine rings is 1.